The van der Waals surface area contributed by atoms with Gasteiger partial charge in [-0.25, -0.2) is 9.80 Å². The Labute approximate surface area is 177 Å². The highest BCUT2D eigenvalue weighted by Gasteiger charge is 2.42. The summed E-state index contributed by atoms with van der Waals surface area (Å²) in [6.07, 6.45) is 3.67. The van der Waals surface area contributed by atoms with Crippen LogP contribution in [0.1, 0.15) is 44.6 Å². The van der Waals surface area contributed by atoms with Crippen molar-refractivity contribution in [1.82, 2.24) is 15.3 Å². The molecule has 3 rings (SSSR count). The van der Waals surface area contributed by atoms with Crippen molar-refractivity contribution in [2.75, 3.05) is 19.7 Å². The topological polar surface area (TPSA) is 99.2 Å². The second kappa shape index (κ2) is 10.5. The van der Waals surface area contributed by atoms with E-state index in [1.165, 1.54) is 5.01 Å². The van der Waals surface area contributed by atoms with Crippen LogP contribution in [0.2, 0.25) is 0 Å². The molecule has 2 aliphatic rings. The Balaban J connectivity index is 1.73. The van der Waals surface area contributed by atoms with Crippen LogP contribution in [0.5, 0.6) is 0 Å². The minimum Gasteiger partial charge on any atom is -0.480 e. The van der Waals surface area contributed by atoms with Gasteiger partial charge in [0, 0.05) is 13.1 Å². The molecule has 2 saturated heterocycles. The van der Waals surface area contributed by atoms with E-state index in [1.54, 1.807) is 6.92 Å². The predicted octanol–water partition coefficient (Wildman–Crippen LogP) is 1.60. The average Bonchev–Trinajstić information content (AvgIpc) is 2.90. The van der Waals surface area contributed by atoms with E-state index in [9.17, 15) is 19.5 Å². The summed E-state index contributed by atoms with van der Waals surface area (Å²) in [6.45, 7) is 3.34. The van der Waals surface area contributed by atoms with Gasteiger partial charge in [-0.1, -0.05) is 30.3 Å². The lowest BCUT2D eigenvalue weighted by Crippen LogP contribution is -2.61. The average molecular weight is 418 g/mol. The van der Waals surface area contributed by atoms with Gasteiger partial charge < -0.3 is 9.84 Å². The van der Waals surface area contributed by atoms with E-state index in [1.807, 2.05) is 35.3 Å². The number of nitrogens with zero attached hydrogens (tertiary/aromatic N) is 2. The molecule has 0 bridgehead atoms. The van der Waals surface area contributed by atoms with E-state index in [0.717, 1.165) is 18.4 Å². The number of aryl methyl sites for hydroxylation is 1. The Bertz CT molecular complexity index is 742. The molecule has 30 heavy (non-hydrogen) atoms. The van der Waals surface area contributed by atoms with Crippen LogP contribution in [0.3, 0.4) is 0 Å². The van der Waals surface area contributed by atoms with Crippen LogP contribution >= 0.6 is 0 Å². The second-order valence-corrected chi connectivity index (χ2v) is 7.82. The number of carboxylic acids is 1. The molecule has 0 aromatic heterocycles. The first-order valence-corrected chi connectivity index (χ1v) is 10.8. The van der Waals surface area contributed by atoms with Crippen LogP contribution in [0.15, 0.2) is 30.3 Å². The summed E-state index contributed by atoms with van der Waals surface area (Å²) in [5.74, 6) is -1.64. The molecule has 1 aromatic rings. The zero-order valence-electron chi connectivity index (χ0n) is 17.5. The molecule has 3 atom stereocenters. The lowest BCUT2D eigenvalue weighted by Gasteiger charge is -2.42. The first kappa shape index (κ1) is 22.2. The van der Waals surface area contributed by atoms with Gasteiger partial charge in [-0.15, -0.1) is 0 Å². The lowest BCUT2D eigenvalue weighted by atomic mass is 10.0. The molecule has 2 heterocycles. The molecule has 8 heteroatoms. The van der Waals surface area contributed by atoms with Gasteiger partial charge in [0.1, 0.15) is 12.1 Å². The van der Waals surface area contributed by atoms with Crippen molar-refractivity contribution in [3.05, 3.63) is 35.9 Å². The van der Waals surface area contributed by atoms with Gasteiger partial charge in [-0.2, -0.15) is 0 Å². The van der Waals surface area contributed by atoms with Crippen LogP contribution in [0.4, 0.5) is 0 Å². The summed E-state index contributed by atoms with van der Waals surface area (Å²) >= 11 is 0. The zero-order chi connectivity index (χ0) is 21.5. The highest BCUT2D eigenvalue weighted by molar-refractivity contribution is 5.87. The number of nitrogens with one attached hydrogen (secondary N) is 1. The van der Waals surface area contributed by atoms with Crippen LogP contribution < -0.4 is 5.32 Å². The molecule has 0 unspecified atom stereocenters. The Morgan fingerprint density at radius 3 is 2.57 bits per heavy atom. The standard InChI is InChI=1S/C22H31N3O5/c1-2-30-22(29)18(13-12-16-8-4-3-5-9-16)23-17-10-6-14-24-15-7-11-19(21(27)28)25(24)20(17)26/h3-5,8-9,17-19,23H,2,6-7,10-15H2,1H3,(H,27,28)/t17-,18+,19-/m1/s1. The number of carbonyl (C=O) groups excluding carboxylic acids is 2. The number of rotatable bonds is 8. The van der Waals surface area contributed by atoms with Crippen molar-refractivity contribution >= 4 is 17.8 Å². The maximum Gasteiger partial charge on any atom is 0.328 e. The van der Waals surface area contributed by atoms with Gasteiger partial charge in [-0.3, -0.25) is 19.9 Å². The molecule has 2 aliphatic heterocycles. The minimum absolute atomic E-state index is 0.266. The fraction of sp³-hybridized carbons (Fsp3) is 0.591. The number of benzene rings is 1. The smallest absolute Gasteiger partial charge is 0.328 e. The third-order valence-corrected chi connectivity index (χ3v) is 5.75. The fourth-order valence-corrected chi connectivity index (χ4v) is 4.26. The molecular formula is C22H31N3O5. The number of carboxylic acid groups (broad SMARTS) is 1. The number of fused-ring (bicyclic) bond motifs is 1. The number of hydrazine groups is 1. The van der Waals surface area contributed by atoms with E-state index in [4.69, 9.17) is 4.74 Å². The Morgan fingerprint density at radius 1 is 1.20 bits per heavy atom. The third kappa shape index (κ3) is 5.37. The van der Waals surface area contributed by atoms with Crippen molar-refractivity contribution in [3.8, 4) is 0 Å². The van der Waals surface area contributed by atoms with Crippen LogP contribution in [0.25, 0.3) is 0 Å². The maximum atomic E-state index is 13.3. The maximum absolute atomic E-state index is 13.3. The molecule has 164 valence electrons. The van der Waals surface area contributed by atoms with Gasteiger partial charge in [-0.05, 0) is 51.0 Å². The highest BCUT2D eigenvalue weighted by Crippen LogP contribution is 2.24. The van der Waals surface area contributed by atoms with Crippen molar-refractivity contribution in [3.63, 3.8) is 0 Å². The van der Waals surface area contributed by atoms with Gasteiger partial charge in [0.15, 0.2) is 0 Å². The largest absolute Gasteiger partial charge is 0.480 e. The molecule has 8 nitrogen and oxygen atoms in total. The van der Waals surface area contributed by atoms with E-state index in [-0.39, 0.29) is 18.5 Å². The summed E-state index contributed by atoms with van der Waals surface area (Å²) in [5.41, 5.74) is 1.11. The molecule has 0 aliphatic carbocycles. The van der Waals surface area contributed by atoms with Crippen molar-refractivity contribution in [2.24, 2.45) is 0 Å². The zero-order valence-corrected chi connectivity index (χ0v) is 17.5. The molecule has 1 aromatic carbocycles. The van der Waals surface area contributed by atoms with Gasteiger partial charge in [0.05, 0.1) is 12.6 Å². The van der Waals surface area contributed by atoms with Crippen LogP contribution in [0, 0.1) is 0 Å². The number of esters is 1. The van der Waals surface area contributed by atoms with Crippen LogP contribution in [-0.4, -0.2) is 70.8 Å². The molecule has 0 radical (unpaired) electrons. The van der Waals surface area contributed by atoms with Crippen molar-refractivity contribution in [2.45, 2.75) is 63.6 Å². The number of carbonyl (C=O) groups is 3. The third-order valence-electron chi connectivity index (χ3n) is 5.75. The Morgan fingerprint density at radius 2 is 1.90 bits per heavy atom. The summed E-state index contributed by atoms with van der Waals surface area (Å²) in [7, 11) is 0. The number of hydrogen-bond acceptors (Lipinski definition) is 6. The Kier molecular flexibility index (Phi) is 7.81. The molecule has 2 N–H and O–H groups in total. The van der Waals surface area contributed by atoms with Crippen molar-refractivity contribution < 1.29 is 24.2 Å². The normalized spacial score (nSPS) is 23.4. The summed E-state index contributed by atoms with van der Waals surface area (Å²) in [4.78, 5) is 37.6. The van der Waals surface area contributed by atoms with Gasteiger partial charge in [0.2, 0.25) is 0 Å². The number of amides is 1. The number of aliphatic carboxylic acids is 1. The van der Waals surface area contributed by atoms with E-state index >= 15 is 0 Å². The Hall–Kier alpha value is -2.45. The molecule has 1 amide bonds. The number of ether oxygens (including phenoxy) is 1. The summed E-state index contributed by atoms with van der Waals surface area (Å²) in [5, 5.41) is 16.1. The van der Waals surface area contributed by atoms with Gasteiger partial charge in [0.25, 0.3) is 5.91 Å². The molecule has 2 fully saturated rings. The fourth-order valence-electron chi connectivity index (χ4n) is 4.26. The van der Waals surface area contributed by atoms with E-state index in [0.29, 0.717) is 38.8 Å². The predicted molar refractivity (Wildman–Crippen MR) is 110 cm³/mol. The highest BCUT2D eigenvalue weighted by atomic mass is 16.5. The SMILES string of the molecule is CCOC(=O)[C@H](CCc1ccccc1)N[C@@H]1CCCN2CCC[C@H](C(=O)O)N2C1=O. The quantitative estimate of drug-likeness (QED) is 0.620. The summed E-state index contributed by atoms with van der Waals surface area (Å²) in [6, 6.07) is 7.77. The first-order chi connectivity index (χ1) is 14.5. The summed E-state index contributed by atoms with van der Waals surface area (Å²) < 4.78 is 5.24. The second-order valence-electron chi connectivity index (χ2n) is 7.82. The van der Waals surface area contributed by atoms with E-state index < -0.39 is 24.1 Å². The van der Waals surface area contributed by atoms with Gasteiger partial charge >= 0.3 is 11.9 Å². The molecular weight excluding hydrogens is 386 g/mol. The molecule has 0 saturated carbocycles. The minimum atomic E-state index is -0.986. The number of hydrogen-bond donors (Lipinski definition) is 2. The monoisotopic (exact) mass is 417 g/mol. The molecule has 0 spiro atoms. The van der Waals surface area contributed by atoms with Crippen molar-refractivity contribution in [1.29, 1.82) is 0 Å². The lowest BCUT2D eigenvalue weighted by molar-refractivity contribution is -0.174. The van der Waals surface area contributed by atoms with E-state index in [2.05, 4.69) is 5.32 Å². The first-order valence-electron chi connectivity index (χ1n) is 10.8. The van der Waals surface area contributed by atoms with Crippen LogP contribution in [-0.2, 0) is 25.5 Å².